The Morgan fingerprint density at radius 1 is 1.36 bits per heavy atom. The number of rotatable bonds is 4. The second-order valence-electron chi connectivity index (χ2n) is 3.36. The number of Topliss-reactive ketones (excluding diaryl/α,β-unsaturated/α-hetero) is 1. The van der Waals surface area contributed by atoms with Gasteiger partial charge in [-0.25, -0.2) is 0 Å². The molecule has 0 radical (unpaired) electrons. The first kappa shape index (κ1) is 10.7. The maximum atomic E-state index is 11.2. The summed E-state index contributed by atoms with van der Waals surface area (Å²) in [5.74, 6) is -1.02. The average Bonchev–Trinajstić information content (AvgIpc) is 2.65. The highest BCUT2D eigenvalue weighted by atomic mass is 16.5. The number of hydrogen-bond acceptors (Lipinski definition) is 3. The third-order valence-corrected chi connectivity index (χ3v) is 2.31. The van der Waals surface area contributed by atoms with Crippen molar-refractivity contribution in [1.82, 2.24) is 0 Å². The lowest BCUT2D eigenvalue weighted by Gasteiger charge is -2.13. The first-order chi connectivity index (χ1) is 6.65. The van der Waals surface area contributed by atoms with Crippen LogP contribution in [0.15, 0.2) is 24.3 Å². The van der Waals surface area contributed by atoms with Crippen molar-refractivity contribution in [3.05, 3.63) is 24.3 Å². The molecule has 1 atom stereocenters. The van der Waals surface area contributed by atoms with Gasteiger partial charge < -0.3 is 4.74 Å². The Bertz CT molecular complexity index is 277. The van der Waals surface area contributed by atoms with Crippen LogP contribution in [0.2, 0.25) is 0 Å². The van der Waals surface area contributed by atoms with Gasteiger partial charge in [0.2, 0.25) is 0 Å². The van der Waals surface area contributed by atoms with Gasteiger partial charge in [-0.05, 0) is 19.3 Å². The van der Waals surface area contributed by atoms with Crippen LogP contribution in [0.1, 0.15) is 13.3 Å². The van der Waals surface area contributed by atoms with Gasteiger partial charge in [-0.3, -0.25) is 9.59 Å². The second-order valence-corrected chi connectivity index (χ2v) is 3.36. The molecule has 0 aromatic carbocycles. The standard InChI is InChI=1S/C11H14O3/c1-8(12)10(11(13)14-2)7-9-5-3-4-6-9/h3-6,9-10H,7H2,1-2H3. The third kappa shape index (κ3) is 2.55. The highest BCUT2D eigenvalue weighted by Crippen LogP contribution is 2.20. The van der Waals surface area contributed by atoms with E-state index in [2.05, 4.69) is 4.74 Å². The lowest BCUT2D eigenvalue weighted by Crippen LogP contribution is -2.25. The molecule has 3 heteroatoms. The van der Waals surface area contributed by atoms with E-state index in [9.17, 15) is 9.59 Å². The molecule has 0 saturated carbocycles. The molecule has 1 rings (SSSR count). The lowest BCUT2D eigenvalue weighted by molar-refractivity contribution is -0.149. The summed E-state index contributed by atoms with van der Waals surface area (Å²) in [6.07, 6.45) is 8.28. The fourth-order valence-electron chi connectivity index (χ4n) is 1.48. The van der Waals surface area contributed by atoms with E-state index in [1.54, 1.807) is 0 Å². The molecule has 0 aromatic heterocycles. The molecule has 1 aliphatic carbocycles. The van der Waals surface area contributed by atoms with Gasteiger partial charge in [-0.2, -0.15) is 0 Å². The minimum absolute atomic E-state index is 0.134. The van der Waals surface area contributed by atoms with E-state index in [0.29, 0.717) is 6.42 Å². The van der Waals surface area contributed by atoms with Crippen LogP contribution < -0.4 is 0 Å². The molecule has 0 amide bonds. The van der Waals surface area contributed by atoms with E-state index in [1.165, 1.54) is 14.0 Å². The number of ether oxygens (including phenoxy) is 1. The van der Waals surface area contributed by atoms with Gasteiger partial charge in [0.25, 0.3) is 0 Å². The summed E-state index contributed by atoms with van der Waals surface area (Å²) in [5.41, 5.74) is 0. The van der Waals surface area contributed by atoms with Crippen molar-refractivity contribution in [2.45, 2.75) is 13.3 Å². The maximum Gasteiger partial charge on any atom is 0.316 e. The minimum atomic E-state index is -0.627. The first-order valence-electron chi connectivity index (χ1n) is 4.58. The van der Waals surface area contributed by atoms with Crippen molar-refractivity contribution in [3.8, 4) is 0 Å². The average molecular weight is 194 g/mol. The summed E-state index contributed by atoms with van der Waals surface area (Å²) < 4.78 is 4.58. The van der Waals surface area contributed by atoms with Gasteiger partial charge in [-0.15, -0.1) is 0 Å². The Morgan fingerprint density at radius 3 is 2.36 bits per heavy atom. The maximum absolute atomic E-state index is 11.2. The van der Waals surface area contributed by atoms with Crippen LogP contribution in [-0.2, 0) is 14.3 Å². The van der Waals surface area contributed by atoms with E-state index < -0.39 is 11.9 Å². The summed E-state index contributed by atoms with van der Waals surface area (Å²) in [7, 11) is 1.30. The van der Waals surface area contributed by atoms with E-state index in [0.717, 1.165) is 0 Å². The largest absolute Gasteiger partial charge is 0.468 e. The molecule has 0 N–H and O–H groups in total. The molecule has 0 spiro atoms. The van der Waals surface area contributed by atoms with Gasteiger partial charge >= 0.3 is 5.97 Å². The number of ketones is 1. The Morgan fingerprint density at radius 2 is 1.93 bits per heavy atom. The van der Waals surface area contributed by atoms with Crippen molar-refractivity contribution >= 4 is 11.8 Å². The van der Waals surface area contributed by atoms with E-state index in [1.807, 2.05) is 24.3 Å². The molecule has 0 heterocycles. The summed E-state index contributed by atoms with van der Waals surface area (Å²) >= 11 is 0. The smallest absolute Gasteiger partial charge is 0.316 e. The molecule has 76 valence electrons. The Hall–Kier alpha value is -1.38. The van der Waals surface area contributed by atoms with E-state index >= 15 is 0 Å². The fraction of sp³-hybridized carbons (Fsp3) is 0.455. The monoisotopic (exact) mass is 194 g/mol. The van der Waals surface area contributed by atoms with Gasteiger partial charge in [0, 0.05) is 0 Å². The molecule has 0 bridgehead atoms. The van der Waals surface area contributed by atoms with Crippen molar-refractivity contribution in [1.29, 1.82) is 0 Å². The summed E-state index contributed by atoms with van der Waals surface area (Å²) in [4.78, 5) is 22.4. The lowest BCUT2D eigenvalue weighted by atomic mass is 9.93. The summed E-state index contributed by atoms with van der Waals surface area (Å²) in [6.45, 7) is 1.42. The van der Waals surface area contributed by atoms with Crippen LogP contribution in [0.25, 0.3) is 0 Å². The zero-order valence-corrected chi connectivity index (χ0v) is 8.40. The SMILES string of the molecule is COC(=O)C(CC1C=CC=C1)C(C)=O. The van der Waals surface area contributed by atoms with Crippen molar-refractivity contribution in [3.63, 3.8) is 0 Å². The second kappa shape index (κ2) is 4.74. The van der Waals surface area contributed by atoms with E-state index in [4.69, 9.17) is 0 Å². The normalized spacial score (nSPS) is 17.0. The summed E-state index contributed by atoms with van der Waals surface area (Å²) in [6, 6.07) is 0. The molecular weight excluding hydrogens is 180 g/mol. The number of methoxy groups -OCH3 is 1. The Labute approximate surface area is 83.4 Å². The minimum Gasteiger partial charge on any atom is -0.468 e. The zero-order valence-electron chi connectivity index (χ0n) is 8.40. The highest BCUT2D eigenvalue weighted by molar-refractivity contribution is 5.97. The molecule has 3 nitrogen and oxygen atoms in total. The summed E-state index contributed by atoms with van der Waals surface area (Å²) in [5, 5.41) is 0. The molecule has 1 unspecified atom stereocenters. The Kier molecular flexibility index (Phi) is 3.63. The third-order valence-electron chi connectivity index (χ3n) is 2.31. The number of allylic oxidation sites excluding steroid dienone is 4. The predicted octanol–water partition coefficient (Wildman–Crippen LogP) is 1.50. The van der Waals surface area contributed by atoms with E-state index in [-0.39, 0.29) is 11.7 Å². The molecule has 0 fully saturated rings. The highest BCUT2D eigenvalue weighted by Gasteiger charge is 2.26. The molecule has 0 aromatic rings. The Balaban J connectivity index is 2.59. The van der Waals surface area contributed by atoms with Crippen molar-refractivity contribution < 1.29 is 14.3 Å². The molecule has 0 aliphatic heterocycles. The van der Waals surface area contributed by atoms with Gasteiger partial charge in [0.1, 0.15) is 11.7 Å². The van der Waals surface area contributed by atoms with Crippen LogP contribution in [0.4, 0.5) is 0 Å². The number of esters is 1. The zero-order chi connectivity index (χ0) is 10.6. The topological polar surface area (TPSA) is 43.4 Å². The van der Waals surface area contributed by atoms with Gasteiger partial charge in [-0.1, -0.05) is 24.3 Å². The van der Waals surface area contributed by atoms with Crippen LogP contribution in [0.3, 0.4) is 0 Å². The quantitative estimate of drug-likeness (QED) is 0.503. The predicted molar refractivity (Wildman–Crippen MR) is 52.6 cm³/mol. The van der Waals surface area contributed by atoms with Gasteiger partial charge in [0.15, 0.2) is 0 Å². The molecule has 1 aliphatic rings. The van der Waals surface area contributed by atoms with Crippen molar-refractivity contribution in [2.75, 3.05) is 7.11 Å². The molecule has 0 saturated heterocycles. The first-order valence-corrected chi connectivity index (χ1v) is 4.58. The van der Waals surface area contributed by atoms with Gasteiger partial charge in [0.05, 0.1) is 7.11 Å². The molecular formula is C11H14O3. The van der Waals surface area contributed by atoms with Crippen LogP contribution in [0, 0.1) is 11.8 Å². The number of carbonyl (C=O) groups excluding carboxylic acids is 2. The van der Waals surface area contributed by atoms with Crippen LogP contribution in [-0.4, -0.2) is 18.9 Å². The number of hydrogen-bond donors (Lipinski definition) is 0. The number of carbonyl (C=O) groups is 2. The van der Waals surface area contributed by atoms with Crippen LogP contribution in [0.5, 0.6) is 0 Å². The fourth-order valence-corrected chi connectivity index (χ4v) is 1.48. The molecule has 14 heavy (non-hydrogen) atoms. The van der Waals surface area contributed by atoms with Crippen molar-refractivity contribution in [2.24, 2.45) is 11.8 Å². The van der Waals surface area contributed by atoms with Crippen LogP contribution >= 0.6 is 0 Å².